The van der Waals surface area contributed by atoms with Gasteiger partial charge in [-0.05, 0) is 57.4 Å². The van der Waals surface area contributed by atoms with Crippen molar-refractivity contribution in [3.63, 3.8) is 0 Å². The van der Waals surface area contributed by atoms with Crippen molar-refractivity contribution in [2.45, 2.75) is 76.5 Å². The fraction of sp³-hybridized carbons (Fsp3) is 0.591. The maximum Gasteiger partial charge on any atom is 0.338 e. The molecule has 3 heterocycles. The average molecular weight is 372 g/mol. The molecule has 1 aromatic carbocycles. The van der Waals surface area contributed by atoms with E-state index in [0.29, 0.717) is 12.0 Å². The van der Waals surface area contributed by atoms with Gasteiger partial charge in [0.15, 0.2) is 5.60 Å². The lowest BCUT2D eigenvalue weighted by Crippen LogP contribution is -2.73. The van der Waals surface area contributed by atoms with Crippen LogP contribution in [0.4, 0.5) is 0 Å². The summed E-state index contributed by atoms with van der Waals surface area (Å²) in [5.41, 5.74) is -0.619. The molecule has 0 unspecified atom stereocenters. The van der Waals surface area contributed by atoms with Gasteiger partial charge < -0.3 is 9.47 Å². The summed E-state index contributed by atoms with van der Waals surface area (Å²) in [6, 6.07) is 8.98. The number of rotatable bonds is 4. The lowest BCUT2D eigenvalue weighted by Gasteiger charge is -2.64. The molecule has 2 bridgehead atoms. The third-order valence-corrected chi connectivity index (χ3v) is 6.42. The molecule has 5 heteroatoms. The lowest BCUT2D eigenvalue weighted by molar-refractivity contribution is -0.554. The predicted octanol–water partition coefficient (Wildman–Crippen LogP) is 4.57. The molecule has 4 aliphatic rings. The Labute approximate surface area is 160 Å². The van der Waals surface area contributed by atoms with E-state index in [1.54, 1.807) is 12.1 Å². The minimum absolute atomic E-state index is 0.0888. The molecule has 4 atom stereocenters. The second-order valence-electron chi connectivity index (χ2n) is 8.90. The SMILES string of the molecule is C[C@H](C[C@@]12C=C[C@]3(OO1)C(C)(C)CCC[C@@]3(C)O2)OC(=O)c1ccccc1. The summed E-state index contributed by atoms with van der Waals surface area (Å²) < 4.78 is 12.1. The van der Waals surface area contributed by atoms with Crippen LogP contribution in [-0.2, 0) is 19.2 Å². The van der Waals surface area contributed by atoms with Crippen LogP contribution in [0.5, 0.6) is 0 Å². The summed E-state index contributed by atoms with van der Waals surface area (Å²) in [5, 5.41) is 0. The molecule has 27 heavy (non-hydrogen) atoms. The summed E-state index contributed by atoms with van der Waals surface area (Å²) in [6.45, 7) is 8.35. The summed E-state index contributed by atoms with van der Waals surface area (Å²) >= 11 is 0. The van der Waals surface area contributed by atoms with Crippen LogP contribution in [0.2, 0.25) is 0 Å². The summed E-state index contributed by atoms with van der Waals surface area (Å²) in [4.78, 5) is 24.1. The standard InChI is InChI=1S/C22H28O5/c1-16(24-18(23)17-9-6-5-7-10-17)15-21-13-14-22(27-26-21)19(2,3)11-8-12-20(22,4)25-21/h5-7,9-10,13-14,16H,8,11-12,15H2,1-4H3/t16-,20-,21-,22+/m1/s1. The highest BCUT2D eigenvalue weighted by Gasteiger charge is 2.69. The number of esters is 1. The van der Waals surface area contributed by atoms with E-state index in [4.69, 9.17) is 19.2 Å². The fourth-order valence-corrected chi connectivity index (χ4v) is 4.96. The Bertz CT molecular complexity index is 757. The molecule has 0 aromatic heterocycles. The Hall–Kier alpha value is -1.69. The number of ether oxygens (including phenoxy) is 2. The number of hydrogen-bond acceptors (Lipinski definition) is 5. The van der Waals surface area contributed by atoms with Crippen LogP contribution in [-0.4, -0.2) is 29.1 Å². The number of carbonyl (C=O) groups excluding carboxylic acids is 1. The third-order valence-electron chi connectivity index (χ3n) is 6.42. The van der Waals surface area contributed by atoms with Crippen LogP contribution in [0.25, 0.3) is 0 Å². The largest absolute Gasteiger partial charge is 0.459 e. The van der Waals surface area contributed by atoms with Crippen molar-refractivity contribution < 1.29 is 24.0 Å². The van der Waals surface area contributed by atoms with Crippen LogP contribution >= 0.6 is 0 Å². The zero-order chi connectivity index (χ0) is 19.3. The molecule has 0 amide bonds. The molecule has 1 aliphatic carbocycles. The molecule has 1 spiro atoms. The molecular weight excluding hydrogens is 344 g/mol. The van der Waals surface area contributed by atoms with E-state index in [1.807, 2.05) is 31.2 Å². The highest BCUT2D eigenvalue weighted by molar-refractivity contribution is 5.89. The number of benzene rings is 1. The lowest BCUT2D eigenvalue weighted by atomic mass is 9.57. The van der Waals surface area contributed by atoms with E-state index < -0.39 is 23.1 Å². The monoisotopic (exact) mass is 372 g/mol. The smallest absolute Gasteiger partial charge is 0.338 e. The molecule has 1 aromatic rings. The van der Waals surface area contributed by atoms with Crippen molar-refractivity contribution in [2.24, 2.45) is 5.41 Å². The first-order chi connectivity index (χ1) is 12.7. The quantitative estimate of drug-likeness (QED) is 0.440. The van der Waals surface area contributed by atoms with Gasteiger partial charge >= 0.3 is 5.97 Å². The van der Waals surface area contributed by atoms with Crippen LogP contribution in [0.3, 0.4) is 0 Å². The molecule has 2 fully saturated rings. The van der Waals surface area contributed by atoms with Gasteiger partial charge in [0.25, 0.3) is 0 Å². The first kappa shape index (κ1) is 18.7. The average Bonchev–Trinajstić information content (AvgIpc) is 2.61. The van der Waals surface area contributed by atoms with Crippen molar-refractivity contribution in [1.29, 1.82) is 0 Å². The Morgan fingerprint density at radius 1 is 1.11 bits per heavy atom. The number of fused-ring (bicyclic) bond motifs is 1. The van der Waals surface area contributed by atoms with Crippen molar-refractivity contribution in [3.05, 3.63) is 48.0 Å². The Morgan fingerprint density at radius 2 is 1.85 bits per heavy atom. The topological polar surface area (TPSA) is 54.0 Å². The highest BCUT2D eigenvalue weighted by atomic mass is 17.3. The molecule has 5 rings (SSSR count). The van der Waals surface area contributed by atoms with E-state index in [0.717, 1.165) is 19.3 Å². The van der Waals surface area contributed by atoms with Crippen molar-refractivity contribution in [3.8, 4) is 0 Å². The van der Waals surface area contributed by atoms with Gasteiger partial charge in [-0.15, -0.1) is 0 Å². The molecule has 3 aliphatic heterocycles. The van der Waals surface area contributed by atoms with Gasteiger partial charge in [0.05, 0.1) is 5.56 Å². The van der Waals surface area contributed by atoms with Gasteiger partial charge in [-0.3, -0.25) is 0 Å². The second-order valence-corrected chi connectivity index (χ2v) is 8.90. The van der Waals surface area contributed by atoms with Crippen LogP contribution in [0.1, 0.15) is 63.7 Å². The van der Waals surface area contributed by atoms with Crippen LogP contribution in [0, 0.1) is 5.41 Å². The van der Waals surface area contributed by atoms with E-state index in [-0.39, 0.29) is 11.4 Å². The first-order valence-electron chi connectivity index (χ1n) is 9.74. The Kier molecular flexibility index (Phi) is 4.26. The molecule has 5 nitrogen and oxygen atoms in total. The van der Waals surface area contributed by atoms with Gasteiger partial charge in [-0.2, -0.15) is 4.89 Å². The Morgan fingerprint density at radius 3 is 2.52 bits per heavy atom. The van der Waals surface area contributed by atoms with Crippen LogP contribution in [0.15, 0.2) is 42.5 Å². The van der Waals surface area contributed by atoms with Gasteiger partial charge in [0.1, 0.15) is 11.7 Å². The molecule has 146 valence electrons. The van der Waals surface area contributed by atoms with E-state index in [2.05, 4.69) is 26.8 Å². The summed E-state index contributed by atoms with van der Waals surface area (Å²) in [7, 11) is 0. The maximum absolute atomic E-state index is 12.3. The van der Waals surface area contributed by atoms with E-state index >= 15 is 0 Å². The highest BCUT2D eigenvalue weighted by Crippen LogP contribution is 2.61. The van der Waals surface area contributed by atoms with E-state index in [9.17, 15) is 4.79 Å². The summed E-state index contributed by atoms with van der Waals surface area (Å²) in [6.07, 6.45) is 7.08. The zero-order valence-corrected chi connectivity index (χ0v) is 16.5. The van der Waals surface area contributed by atoms with Crippen molar-refractivity contribution in [1.82, 2.24) is 0 Å². The van der Waals surface area contributed by atoms with Crippen molar-refractivity contribution >= 4 is 5.97 Å². The van der Waals surface area contributed by atoms with Gasteiger partial charge in [0, 0.05) is 11.8 Å². The predicted molar refractivity (Wildman–Crippen MR) is 99.8 cm³/mol. The molecule has 0 N–H and O–H groups in total. The minimum Gasteiger partial charge on any atom is -0.459 e. The maximum atomic E-state index is 12.3. The first-order valence-corrected chi connectivity index (χ1v) is 9.74. The molecule has 1 saturated heterocycles. The van der Waals surface area contributed by atoms with Crippen molar-refractivity contribution in [2.75, 3.05) is 0 Å². The van der Waals surface area contributed by atoms with Gasteiger partial charge in [0.2, 0.25) is 5.79 Å². The van der Waals surface area contributed by atoms with Gasteiger partial charge in [-0.25, -0.2) is 9.68 Å². The van der Waals surface area contributed by atoms with E-state index in [1.165, 1.54) is 0 Å². The summed E-state index contributed by atoms with van der Waals surface area (Å²) in [5.74, 6) is -1.38. The van der Waals surface area contributed by atoms with Gasteiger partial charge in [-0.1, -0.05) is 32.0 Å². The zero-order valence-electron chi connectivity index (χ0n) is 16.5. The molecular formula is C22H28O5. The minimum atomic E-state index is -1.03. The fourth-order valence-electron chi connectivity index (χ4n) is 4.96. The second kappa shape index (κ2) is 6.16. The molecule has 1 saturated carbocycles. The van der Waals surface area contributed by atoms with Crippen LogP contribution < -0.4 is 0 Å². The number of carbonyl (C=O) groups is 1. The normalized spacial score (nSPS) is 37.5. The Balaban J connectivity index is 1.51. The molecule has 0 radical (unpaired) electrons. The third kappa shape index (κ3) is 2.84. The number of hydrogen-bond donors (Lipinski definition) is 0.